The van der Waals surface area contributed by atoms with Crippen molar-refractivity contribution in [3.05, 3.63) is 23.7 Å². The Bertz CT molecular complexity index is 387. The molecule has 1 rings (SSSR count). The lowest BCUT2D eigenvalue weighted by molar-refractivity contribution is 0.0696. The Labute approximate surface area is 99.0 Å². The third kappa shape index (κ3) is 4.28. The van der Waals surface area contributed by atoms with Crippen LogP contribution in [0.25, 0.3) is 0 Å². The first kappa shape index (κ1) is 13.2. The predicted molar refractivity (Wildman–Crippen MR) is 61.2 cm³/mol. The lowest BCUT2D eigenvalue weighted by Crippen LogP contribution is -2.27. The summed E-state index contributed by atoms with van der Waals surface area (Å²) >= 11 is 0. The van der Waals surface area contributed by atoms with E-state index in [4.69, 9.17) is 9.52 Å². The minimum absolute atomic E-state index is 0.0193. The van der Waals surface area contributed by atoms with Crippen molar-refractivity contribution in [2.45, 2.75) is 13.3 Å². The molecular formula is C11H16N2O4. The average molecular weight is 240 g/mol. The molecule has 1 amide bonds. The van der Waals surface area contributed by atoms with Crippen LogP contribution in [0.15, 0.2) is 16.7 Å². The quantitative estimate of drug-likeness (QED) is 0.610. The molecule has 94 valence electrons. The van der Waals surface area contributed by atoms with Gasteiger partial charge in [-0.2, -0.15) is 0 Å². The number of carbonyl (C=O) groups is 2. The van der Waals surface area contributed by atoms with Crippen molar-refractivity contribution in [2.24, 2.45) is 0 Å². The summed E-state index contributed by atoms with van der Waals surface area (Å²) in [6.07, 6.45) is 1.86. The Kier molecular flexibility index (Phi) is 5.22. The number of hydrogen-bond acceptors (Lipinski definition) is 4. The number of carboxylic acids is 1. The Hall–Kier alpha value is -1.82. The molecule has 0 aliphatic rings. The lowest BCUT2D eigenvalue weighted by Gasteiger charge is -2.03. The second kappa shape index (κ2) is 6.70. The summed E-state index contributed by atoms with van der Waals surface area (Å²) in [5.74, 6) is -1.49. The third-order valence-electron chi connectivity index (χ3n) is 2.14. The van der Waals surface area contributed by atoms with Gasteiger partial charge in [-0.1, -0.05) is 6.92 Å². The third-order valence-corrected chi connectivity index (χ3v) is 2.14. The van der Waals surface area contributed by atoms with Gasteiger partial charge in [0, 0.05) is 12.6 Å². The smallest absolute Gasteiger partial charge is 0.338 e. The Balaban J connectivity index is 2.34. The molecule has 6 nitrogen and oxygen atoms in total. The van der Waals surface area contributed by atoms with E-state index in [-0.39, 0.29) is 11.3 Å². The number of carboxylic acid groups (broad SMARTS) is 1. The van der Waals surface area contributed by atoms with Crippen LogP contribution in [0.4, 0.5) is 0 Å². The molecule has 1 aromatic heterocycles. The van der Waals surface area contributed by atoms with E-state index >= 15 is 0 Å². The Morgan fingerprint density at radius 3 is 2.76 bits per heavy atom. The molecule has 0 spiro atoms. The molecule has 0 unspecified atom stereocenters. The van der Waals surface area contributed by atoms with E-state index in [0.29, 0.717) is 6.54 Å². The number of nitrogens with one attached hydrogen (secondary N) is 2. The molecule has 0 fully saturated rings. The zero-order valence-electron chi connectivity index (χ0n) is 9.66. The van der Waals surface area contributed by atoms with Crippen LogP contribution in [0, 0.1) is 0 Å². The van der Waals surface area contributed by atoms with Gasteiger partial charge < -0.3 is 20.2 Å². The van der Waals surface area contributed by atoms with E-state index in [1.54, 1.807) is 0 Å². The highest BCUT2D eigenvalue weighted by Crippen LogP contribution is 2.07. The zero-order chi connectivity index (χ0) is 12.7. The predicted octanol–water partition coefficient (Wildman–Crippen LogP) is 0.707. The second-order valence-corrected chi connectivity index (χ2v) is 3.47. The minimum atomic E-state index is -1.11. The summed E-state index contributed by atoms with van der Waals surface area (Å²) in [4.78, 5) is 22.1. The molecule has 0 radical (unpaired) electrons. The highest BCUT2D eigenvalue weighted by atomic mass is 16.4. The van der Waals surface area contributed by atoms with Crippen molar-refractivity contribution >= 4 is 11.9 Å². The summed E-state index contributed by atoms with van der Waals surface area (Å²) in [5, 5.41) is 14.4. The summed E-state index contributed by atoms with van der Waals surface area (Å²) in [5.41, 5.74) is -0.0252. The van der Waals surface area contributed by atoms with E-state index < -0.39 is 11.9 Å². The van der Waals surface area contributed by atoms with Gasteiger partial charge in [-0.3, -0.25) is 4.79 Å². The van der Waals surface area contributed by atoms with Gasteiger partial charge in [0.05, 0.1) is 5.56 Å². The summed E-state index contributed by atoms with van der Waals surface area (Å²) < 4.78 is 4.86. The molecule has 1 aromatic rings. The molecule has 0 aliphatic heterocycles. The lowest BCUT2D eigenvalue weighted by atomic mass is 10.3. The van der Waals surface area contributed by atoms with E-state index in [2.05, 4.69) is 10.6 Å². The molecule has 0 aromatic carbocycles. The van der Waals surface area contributed by atoms with Crippen molar-refractivity contribution < 1.29 is 19.1 Å². The molecule has 0 bridgehead atoms. The van der Waals surface area contributed by atoms with E-state index in [9.17, 15) is 9.59 Å². The maximum atomic E-state index is 11.5. The molecule has 3 N–H and O–H groups in total. The fourth-order valence-corrected chi connectivity index (χ4v) is 1.25. The highest BCUT2D eigenvalue weighted by Gasteiger charge is 2.13. The first-order chi connectivity index (χ1) is 8.15. The fraction of sp³-hybridized carbons (Fsp3) is 0.455. The van der Waals surface area contributed by atoms with E-state index in [0.717, 1.165) is 25.8 Å². The second-order valence-electron chi connectivity index (χ2n) is 3.47. The minimum Gasteiger partial charge on any atom is -0.478 e. The van der Waals surface area contributed by atoms with Gasteiger partial charge in [0.15, 0.2) is 5.76 Å². The van der Waals surface area contributed by atoms with E-state index in [1.165, 1.54) is 6.07 Å². The number of furan rings is 1. The summed E-state index contributed by atoms with van der Waals surface area (Å²) in [6, 6.07) is 1.21. The topological polar surface area (TPSA) is 91.6 Å². The largest absolute Gasteiger partial charge is 0.478 e. The number of carbonyl (C=O) groups excluding carboxylic acids is 1. The molecule has 17 heavy (non-hydrogen) atoms. The van der Waals surface area contributed by atoms with E-state index in [1.807, 2.05) is 6.92 Å². The zero-order valence-corrected chi connectivity index (χ0v) is 9.66. The van der Waals surface area contributed by atoms with Gasteiger partial charge in [-0.25, -0.2) is 4.79 Å². The molecule has 0 atom stereocenters. The first-order valence-corrected chi connectivity index (χ1v) is 5.46. The highest BCUT2D eigenvalue weighted by molar-refractivity contribution is 5.95. The summed E-state index contributed by atoms with van der Waals surface area (Å²) in [7, 11) is 0. The monoisotopic (exact) mass is 240 g/mol. The van der Waals surface area contributed by atoms with Crippen LogP contribution < -0.4 is 10.6 Å². The van der Waals surface area contributed by atoms with Gasteiger partial charge in [0.25, 0.3) is 5.91 Å². The van der Waals surface area contributed by atoms with Crippen molar-refractivity contribution in [1.29, 1.82) is 0 Å². The standard InChI is InChI=1S/C11H16N2O4/c1-2-12-4-3-5-13-10(14)9-6-8(7-17-9)11(15)16/h6-7,12H,2-5H2,1H3,(H,13,14)(H,15,16). The molecule has 1 heterocycles. The van der Waals surface area contributed by atoms with Crippen LogP contribution in [-0.2, 0) is 0 Å². The molecule has 0 saturated heterocycles. The van der Waals surface area contributed by atoms with Crippen molar-refractivity contribution in [3.8, 4) is 0 Å². The van der Waals surface area contributed by atoms with Gasteiger partial charge >= 0.3 is 5.97 Å². The fourth-order valence-electron chi connectivity index (χ4n) is 1.25. The SMILES string of the molecule is CCNCCCNC(=O)c1cc(C(=O)O)co1. The molecule has 0 aliphatic carbocycles. The van der Waals surface area contributed by atoms with Crippen molar-refractivity contribution in [1.82, 2.24) is 10.6 Å². The number of amides is 1. The number of hydrogen-bond donors (Lipinski definition) is 3. The van der Waals surface area contributed by atoms with Crippen molar-refractivity contribution in [3.63, 3.8) is 0 Å². The van der Waals surface area contributed by atoms with Gasteiger partial charge in [0.2, 0.25) is 0 Å². The Morgan fingerprint density at radius 2 is 2.18 bits per heavy atom. The molecule has 0 saturated carbocycles. The Morgan fingerprint density at radius 1 is 1.41 bits per heavy atom. The summed E-state index contributed by atoms with van der Waals surface area (Å²) in [6.45, 7) is 4.26. The van der Waals surface area contributed by atoms with Gasteiger partial charge in [-0.05, 0) is 19.5 Å². The van der Waals surface area contributed by atoms with Crippen molar-refractivity contribution in [2.75, 3.05) is 19.6 Å². The van der Waals surface area contributed by atoms with Gasteiger partial charge in [-0.15, -0.1) is 0 Å². The van der Waals surface area contributed by atoms with Crippen LogP contribution in [0.5, 0.6) is 0 Å². The number of aromatic carboxylic acids is 1. The maximum absolute atomic E-state index is 11.5. The molecular weight excluding hydrogens is 224 g/mol. The molecule has 6 heteroatoms. The van der Waals surface area contributed by atoms with Crippen LogP contribution in [0.1, 0.15) is 34.3 Å². The van der Waals surface area contributed by atoms with Gasteiger partial charge in [0.1, 0.15) is 6.26 Å². The van der Waals surface area contributed by atoms with Crippen LogP contribution in [0.2, 0.25) is 0 Å². The van der Waals surface area contributed by atoms with Crippen LogP contribution in [0.3, 0.4) is 0 Å². The van der Waals surface area contributed by atoms with Crippen LogP contribution in [-0.4, -0.2) is 36.6 Å². The average Bonchev–Trinajstić information content (AvgIpc) is 2.78. The van der Waals surface area contributed by atoms with Crippen LogP contribution >= 0.6 is 0 Å². The maximum Gasteiger partial charge on any atom is 0.338 e. The normalized spacial score (nSPS) is 10.2. The first-order valence-electron chi connectivity index (χ1n) is 5.46. The number of rotatable bonds is 7.